The first-order chi connectivity index (χ1) is 21.8. The van der Waals surface area contributed by atoms with E-state index in [1.54, 1.807) is 0 Å². The maximum atomic E-state index is 5.11. The van der Waals surface area contributed by atoms with Crippen LogP contribution >= 0.6 is 0 Å². The predicted molar refractivity (Wildman–Crippen MR) is 186 cm³/mol. The van der Waals surface area contributed by atoms with Crippen LogP contribution in [0.2, 0.25) is 0 Å². The van der Waals surface area contributed by atoms with E-state index in [-0.39, 0.29) is 0 Å². The summed E-state index contributed by atoms with van der Waals surface area (Å²) in [5.41, 5.74) is 6.32. The molecule has 0 saturated carbocycles. The van der Waals surface area contributed by atoms with Crippen LogP contribution in [0.25, 0.3) is 87.8 Å². The second-order valence-electron chi connectivity index (χ2n) is 11.4. The van der Waals surface area contributed by atoms with Crippen LogP contribution in [-0.2, 0) is 0 Å². The van der Waals surface area contributed by atoms with E-state index in [9.17, 15) is 0 Å². The molecule has 2 heteroatoms. The zero-order valence-corrected chi connectivity index (χ0v) is 23.9. The van der Waals surface area contributed by atoms with Gasteiger partial charge in [0.25, 0.3) is 0 Å². The van der Waals surface area contributed by atoms with Crippen LogP contribution in [0.3, 0.4) is 0 Å². The lowest BCUT2D eigenvalue weighted by Crippen LogP contribution is -1.95. The molecule has 9 rings (SSSR count). The molecule has 0 aliphatic heterocycles. The Morgan fingerprint density at radius 3 is 1.82 bits per heavy atom. The van der Waals surface area contributed by atoms with Crippen LogP contribution in [0, 0.1) is 0 Å². The highest BCUT2D eigenvalue weighted by atomic mass is 14.9. The molecule has 0 aliphatic carbocycles. The minimum atomic E-state index is 0.733. The van der Waals surface area contributed by atoms with Crippen molar-refractivity contribution in [2.45, 2.75) is 0 Å². The molecule has 0 atom stereocenters. The number of aromatic nitrogens is 2. The molecule has 204 valence electrons. The summed E-state index contributed by atoms with van der Waals surface area (Å²) < 4.78 is 0. The van der Waals surface area contributed by atoms with E-state index in [1.807, 2.05) is 24.3 Å². The molecule has 0 aliphatic rings. The number of hydrogen-bond donors (Lipinski definition) is 0. The maximum Gasteiger partial charge on any atom is 0.160 e. The molecule has 8 aromatic carbocycles. The number of benzene rings is 8. The molecule has 0 saturated heterocycles. The minimum absolute atomic E-state index is 0.733. The summed E-state index contributed by atoms with van der Waals surface area (Å²) in [6.45, 7) is 0. The Balaban J connectivity index is 1.29. The van der Waals surface area contributed by atoms with E-state index in [0.29, 0.717) is 0 Å². The third kappa shape index (κ3) is 3.89. The Labute approximate surface area is 254 Å². The second kappa shape index (κ2) is 9.86. The van der Waals surface area contributed by atoms with Gasteiger partial charge in [0, 0.05) is 16.5 Å². The highest BCUT2D eigenvalue weighted by Crippen LogP contribution is 2.39. The Kier molecular flexibility index (Phi) is 5.54. The molecule has 0 bridgehead atoms. The minimum Gasteiger partial charge on any atom is -0.228 e. The van der Waals surface area contributed by atoms with Gasteiger partial charge in [0.05, 0.1) is 11.2 Å². The van der Waals surface area contributed by atoms with Crippen molar-refractivity contribution in [1.82, 2.24) is 9.97 Å². The molecule has 2 nitrogen and oxygen atoms in total. The van der Waals surface area contributed by atoms with Crippen molar-refractivity contribution in [2.24, 2.45) is 0 Å². The first-order valence-corrected chi connectivity index (χ1v) is 15.0. The predicted octanol–water partition coefficient (Wildman–Crippen LogP) is 11.2. The molecule has 0 fully saturated rings. The van der Waals surface area contributed by atoms with Crippen LogP contribution < -0.4 is 0 Å². The highest BCUT2D eigenvalue weighted by Gasteiger charge is 2.15. The summed E-state index contributed by atoms with van der Waals surface area (Å²) in [6, 6.07) is 56.2. The first kappa shape index (κ1) is 24.7. The van der Waals surface area contributed by atoms with Crippen LogP contribution in [0.1, 0.15) is 0 Å². The number of nitrogens with zero attached hydrogens (tertiary/aromatic N) is 2. The monoisotopic (exact) mass is 558 g/mol. The number of hydrogen-bond acceptors (Lipinski definition) is 2. The van der Waals surface area contributed by atoms with Gasteiger partial charge in [0.1, 0.15) is 0 Å². The Hall–Kier alpha value is -5.86. The molecule has 0 radical (unpaired) electrons. The standard InChI is InChI=1S/C42H26N2/c1-3-11-29(12-4-1)41-38-25-21-31(26-39(38)43-42(44-41)30-13-5-2-6-14-30)33-16-9-17-36-35(33)23-20-28-19-22-34-32-15-8-7-10-27(32)18-24-37(34)40(28)36/h1-26H. The van der Waals surface area contributed by atoms with Crippen molar-refractivity contribution in [3.63, 3.8) is 0 Å². The van der Waals surface area contributed by atoms with E-state index in [2.05, 4.69) is 133 Å². The van der Waals surface area contributed by atoms with Gasteiger partial charge in [-0.2, -0.15) is 0 Å². The average molecular weight is 559 g/mol. The molecule has 0 amide bonds. The van der Waals surface area contributed by atoms with E-state index < -0.39 is 0 Å². The van der Waals surface area contributed by atoms with Crippen molar-refractivity contribution in [3.8, 4) is 33.8 Å². The Bertz CT molecular complexity index is 2530. The SMILES string of the molecule is c1ccc(-c2nc(-c3ccccc3)c3ccc(-c4cccc5c4ccc4ccc6c7ccccc7ccc6c45)cc3n2)cc1. The molecule has 0 unspecified atom stereocenters. The van der Waals surface area contributed by atoms with E-state index in [4.69, 9.17) is 9.97 Å². The van der Waals surface area contributed by atoms with Crippen molar-refractivity contribution >= 4 is 54.0 Å². The van der Waals surface area contributed by atoms with Gasteiger partial charge in [-0.3, -0.25) is 0 Å². The van der Waals surface area contributed by atoms with Crippen LogP contribution in [0.4, 0.5) is 0 Å². The summed E-state index contributed by atoms with van der Waals surface area (Å²) in [7, 11) is 0. The van der Waals surface area contributed by atoms with Gasteiger partial charge in [-0.1, -0.05) is 146 Å². The maximum absolute atomic E-state index is 5.11. The fraction of sp³-hybridized carbons (Fsp3) is 0. The van der Waals surface area contributed by atoms with Crippen LogP contribution in [0.5, 0.6) is 0 Å². The molecule has 1 aromatic heterocycles. The lowest BCUT2D eigenvalue weighted by atomic mass is 9.90. The summed E-state index contributed by atoms with van der Waals surface area (Å²) in [5.74, 6) is 0.733. The zero-order valence-electron chi connectivity index (χ0n) is 23.9. The molecular weight excluding hydrogens is 532 g/mol. The zero-order chi connectivity index (χ0) is 29.0. The number of fused-ring (bicyclic) bond motifs is 8. The fourth-order valence-electron chi connectivity index (χ4n) is 6.76. The quantitative estimate of drug-likeness (QED) is 0.202. The van der Waals surface area contributed by atoms with Gasteiger partial charge >= 0.3 is 0 Å². The normalized spacial score (nSPS) is 11.6. The summed E-state index contributed by atoms with van der Waals surface area (Å²) in [4.78, 5) is 10.2. The first-order valence-electron chi connectivity index (χ1n) is 15.0. The van der Waals surface area contributed by atoms with Gasteiger partial charge in [-0.15, -0.1) is 0 Å². The van der Waals surface area contributed by atoms with Crippen molar-refractivity contribution in [2.75, 3.05) is 0 Å². The van der Waals surface area contributed by atoms with Crippen molar-refractivity contribution in [1.29, 1.82) is 0 Å². The third-order valence-electron chi connectivity index (χ3n) is 8.85. The van der Waals surface area contributed by atoms with Crippen molar-refractivity contribution in [3.05, 3.63) is 158 Å². The van der Waals surface area contributed by atoms with E-state index in [1.165, 1.54) is 48.7 Å². The van der Waals surface area contributed by atoms with Crippen LogP contribution in [-0.4, -0.2) is 9.97 Å². The molecule has 1 heterocycles. The van der Waals surface area contributed by atoms with Gasteiger partial charge in [0.2, 0.25) is 0 Å². The third-order valence-corrected chi connectivity index (χ3v) is 8.85. The summed E-state index contributed by atoms with van der Waals surface area (Å²) in [5, 5.41) is 11.2. The molecule has 0 spiro atoms. The summed E-state index contributed by atoms with van der Waals surface area (Å²) >= 11 is 0. The van der Waals surface area contributed by atoms with E-state index in [0.717, 1.165) is 39.1 Å². The molecular formula is C42H26N2. The topological polar surface area (TPSA) is 25.8 Å². The fourth-order valence-corrected chi connectivity index (χ4v) is 6.76. The average Bonchev–Trinajstić information content (AvgIpc) is 3.10. The van der Waals surface area contributed by atoms with Gasteiger partial charge in [-0.05, 0) is 66.3 Å². The van der Waals surface area contributed by atoms with Gasteiger partial charge in [-0.25, -0.2) is 9.97 Å². The highest BCUT2D eigenvalue weighted by molar-refractivity contribution is 6.26. The largest absolute Gasteiger partial charge is 0.228 e. The second-order valence-corrected chi connectivity index (χ2v) is 11.4. The lowest BCUT2D eigenvalue weighted by Gasteiger charge is -2.14. The van der Waals surface area contributed by atoms with E-state index >= 15 is 0 Å². The van der Waals surface area contributed by atoms with Crippen LogP contribution in [0.15, 0.2) is 158 Å². The Morgan fingerprint density at radius 1 is 0.341 bits per heavy atom. The Morgan fingerprint density at radius 2 is 0.977 bits per heavy atom. The number of rotatable bonds is 3. The lowest BCUT2D eigenvalue weighted by molar-refractivity contribution is 1.23. The van der Waals surface area contributed by atoms with Gasteiger partial charge in [0.15, 0.2) is 5.82 Å². The molecule has 44 heavy (non-hydrogen) atoms. The molecule has 0 N–H and O–H groups in total. The van der Waals surface area contributed by atoms with Gasteiger partial charge < -0.3 is 0 Å². The smallest absolute Gasteiger partial charge is 0.160 e. The molecule has 9 aromatic rings. The van der Waals surface area contributed by atoms with Crippen molar-refractivity contribution < 1.29 is 0 Å². The summed E-state index contributed by atoms with van der Waals surface area (Å²) in [6.07, 6.45) is 0.